The number of aryl methyl sites for hydroxylation is 2. The summed E-state index contributed by atoms with van der Waals surface area (Å²) in [4.78, 5) is 36.0. The van der Waals surface area contributed by atoms with Crippen molar-refractivity contribution in [2.45, 2.75) is 33.0 Å². The Balaban J connectivity index is 1.60. The molecule has 1 atom stereocenters. The molecule has 4 aromatic rings. The third-order valence-corrected chi connectivity index (χ3v) is 6.58. The molecule has 0 spiro atoms. The van der Waals surface area contributed by atoms with Crippen LogP contribution in [0.25, 0.3) is 10.9 Å². The molecule has 0 bridgehead atoms. The fourth-order valence-electron chi connectivity index (χ4n) is 4.61. The fourth-order valence-corrected chi connectivity index (χ4v) is 4.76. The molecule has 0 fully saturated rings. The first-order valence-electron chi connectivity index (χ1n) is 11.1. The average molecular weight is 494 g/mol. The van der Waals surface area contributed by atoms with E-state index in [1.54, 1.807) is 17.7 Å². The zero-order valence-electron chi connectivity index (χ0n) is 19.7. The maximum absolute atomic E-state index is 13.4. The van der Waals surface area contributed by atoms with Crippen molar-refractivity contribution < 1.29 is 9.90 Å². The number of nitrogens with one attached hydrogen (secondary N) is 1. The van der Waals surface area contributed by atoms with Crippen LogP contribution in [0.1, 0.15) is 45.8 Å². The lowest BCUT2D eigenvalue weighted by atomic mass is 10.0. The summed E-state index contributed by atoms with van der Waals surface area (Å²) in [5, 5.41) is 17.7. The van der Waals surface area contributed by atoms with E-state index in [-0.39, 0.29) is 22.4 Å². The number of carbonyl (C=O) groups is 1. The lowest BCUT2D eigenvalue weighted by molar-refractivity contribution is 0.0691. The fraction of sp³-hybridized carbons (Fsp3) is 0.292. The number of hydrogen-bond acceptors (Lipinski definition) is 7. The summed E-state index contributed by atoms with van der Waals surface area (Å²) in [6.45, 7) is 5.03. The van der Waals surface area contributed by atoms with Crippen molar-refractivity contribution in [1.82, 2.24) is 24.3 Å². The van der Waals surface area contributed by atoms with Gasteiger partial charge in [-0.2, -0.15) is 5.10 Å². The van der Waals surface area contributed by atoms with E-state index in [0.29, 0.717) is 35.6 Å². The Bertz CT molecular complexity index is 1560. The molecule has 5 rings (SSSR count). The van der Waals surface area contributed by atoms with E-state index < -0.39 is 5.97 Å². The van der Waals surface area contributed by atoms with Gasteiger partial charge in [0, 0.05) is 31.8 Å². The molecule has 4 heterocycles. The molecule has 3 aromatic heterocycles. The standard InChI is InChI=1S/C24H24ClN7O3/c1-12-7-15(13(2)27-17-5-6-19(25)28-21(17)23(34)35)20-16(8-12)22(33)30(3)24(29-20)32-10-14-9-26-31(4)18(14)11-32/h5-9,13,27H,10-11H2,1-4H3,(H,34,35). The zero-order valence-corrected chi connectivity index (χ0v) is 20.5. The molecule has 180 valence electrons. The van der Waals surface area contributed by atoms with E-state index in [4.69, 9.17) is 16.6 Å². The molecule has 1 aliphatic heterocycles. The summed E-state index contributed by atoms with van der Waals surface area (Å²) < 4.78 is 3.42. The maximum atomic E-state index is 13.4. The molecule has 1 aromatic carbocycles. The van der Waals surface area contributed by atoms with Gasteiger partial charge in [-0.3, -0.25) is 14.0 Å². The summed E-state index contributed by atoms with van der Waals surface area (Å²) in [7, 11) is 3.63. The second-order valence-corrected chi connectivity index (χ2v) is 9.21. The van der Waals surface area contributed by atoms with Crippen LogP contribution in [0.15, 0.2) is 35.3 Å². The van der Waals surface area contributed by atoms with Crippen molar-refractivity contribution in [1.29, 1.82) is 0 Å². The van der Waals surface area contributed by atoms with Crippen LogP contribution >= 0.6 is 11.6 Å². The van der Waals surface area contributed by atoms with E-state index in [2.05, 4.69) is 20.3 Å². The minimum atomic E-state index is -1.19. The summed E-state index contributed by atoms with van der Waals surface area (Å²) in [6, 6.07) is 6.54. The number of pyridine rings is 1. The van der Waals surface area contributed by atoms with Gasteiger partial charge in [-0.25, -0.2) is 14.8 Å². The van der Waals surface area contributed by atoms with Crippen molar-refractivity contribution in [3.05, 3.63) is 74.0 Å². The van der Waals surface area contributed by atoms with Crippen LogP contribution < -0.4 is 15.8 Å². The third kappa shape index (κ3) is 3.89. The third-order valence-electron chi connectivity index (χ3n) is 6.37. The number of carboxylic acid groups (broad SMARTS) is 1. The summed E-state index contributed by atoms with van der Waals surface area (Å²) in [6.07, 6.45) is 1.84. The van der Waals surface area contributed by atoms with Gasteiger partial charge >= 0.3 is 5.97 Å². The minimum absolute atomic E-state index is 0.0956. The Morgan fingerprint density at radius 2 is 1.97 bits per heavy atom. The first-order chi connectivity index (χ1) is 16.6. The van der Waals surface area contributed by atoms with Gasteiger partial charge in [-0.15, -0.1) is 0 Å². The second-order valence-electron chi connectivity index (χ2n) is 8.82. The molecule has 0 aliphatic carbocycles. The van der Waals surface area contributed by atoms with Crippen LogP contribution in [-0.4, -0.2) is 35.4 Å². The van der Waals surface area contributed by atoms with Gasteiger partial charge in [0.25, 0.3) is 5.56 Å². The second kappa shape index (κ2) is 8.38. The lowest BCUT2D eigenvalue weighted by Gasteiger charge is -2.23. The van der Waals surface area contributed by atoms with Crippen LogP contribution in [-0.2, 0) is 27.2 Å². The van der Waals surface area contributed by atoms with Crippen LogP contribution in [0.3, 0.4) is 0 Å². The van der Waals surface area contributed by atoms with Gasteiger partial charge in [-0.1, -0.05) is 17.7 Å². The van der Waals surface area contributed by atoms with Gasteiger partial charge in [0.05, 0.1) is 41.1 Å². The van der Waals surface area contributed by atoms with Gasteiger partial charge in [0.1, 0.15) is 5.15 Å². The summed E-state index contributed by atoms with van der Waals surface area (Å²) >= 11 is 5.90. The monoisotopic (exact) mass is 493 g/mol. The number of aromatic carboxylic acids is 1. The summed E-state index contributed by atoms with van der Waals surface area (Å²) in [5.74, 6) is -0.621. The first kappa shape index (κ1) is 22.9. The van der Waals surface area contributed by atoms with E-state index in [1.165, 1.54) is 6.07 Å². The molecular formula is C24H24ClN7O3. The highest BCUT2D eigenvalue weighted by Crippen LogP contribution is 2.31. The molecule has 10 nitrogen and oxygen atoms in total. The highest BCUT2D eigenvalue weighted by molar-refractivity contribution is 6.29. The van der Waals surface area contributed by atoms with Gasteiger partial charge in [-0.05, 0) is 37.6 Å². The van der Waals surface area contributed by atoms with Crippen LogP contribution in [0.4, 0.5) is 11.6 Å². The Labute approximate surface area is 205 Å². The molecule has 0 radical (unpaired) electrons. The van der Waals surface area contributed by atoms with E-state index in [1.807, 2.05) is 43.9 Å². The van der Waals surface area contributed by atoms with E-state index in [9.17, 15) is 14.7 Å². The van der Waals surface area contributed by atoms with Gasteiger partial charge in [0.2, 0.25) is 5.95 Å². The maximum Gasteiger partial charge on any atom is 0.356 e. The van der Waals surface area contributed by atoms with Crippen molar-refractivity contribution in [2.24, 2.45) is 14.1 Å². The number of rotatable bonds is 5. The predicted octanol–water partition coefficient (Wildman–Crippen LogP) is 3.42. The Hall–Kier alpha value is -3.92. The largest absolute Gasteiger partial charge is 0.476 e. The van der Waals surface area contributed by atoms with E-state index in [0.717, 1.165) is 22.4 Å². The van der Waals surface area contributed by atoms with Gasteiger partial charge in [0.15, 0.2) is 5.69 Å². The highest BCUT2D eigenvalue weighted by atomic mass is 35.5. The minimum Gasteiger partial charge on any atom is -0.476 e. The molecule has 2 N–H and O–H groups in total. The normalized spacial score (nSPS) is 13.8. The Morgan fingerprint density at radius 1 is 1.20 bits per heavy atom. The molecule has 1 aliphatic rings. The Kier molecular flexibility index (Phi) is 5.47. The number of carboxylic acids is 1. The number of fused-ring (bicyclic) bond motifs is 2. The quantitative estimate of drug-likeness (QED) is 0.406. The SMILES string of the molecule is Cc1cc(C(C)Nc2ccc(Cl)nc2C(=O)O)c2nc(N3Cc4cnn(C)c4C3)n(C)c(=O)c2c1. The number of halogens is 1. The Morgan fingerprint density at radius 3 is 2.69 bits per heavy atom. The predicted molar refractivity (Wildman–Crippen MR) is 133 cm³/mol. The molecule has 1 unspecified atom stereocenters. The number of benzene rings is 1. The van der Waals surface area contributed by atoms with E-state index >= 15 is 0 Å². The van der Waals surface area contributed by atoms with Crippen molar-refractivity contribution in [3.8, 4) is 0 Å². The molecule has 0 amide bonds. The number of aromatic nitrogens is 5. The smallest absolute Gasteiger partial charge is 0.356 e. The summed E-state index contributed by atoms with van der Waals surface area (Å²) in [5.41, 5.74) is 4.47. The number of hydrogen-bond donors (Lipinski definition) is 2. The topological polar surface area (TPSA) is 118 Å². The number of nitrogens with zero attached hydrogens (tertiary/aromatic N) is 6. The average Bonchev–Trinajstić information content (AvgIpc) is 3.39. The van der Waals surface area contributed by atoms with Crippen molar-refractivity contribution >= 4 is 40.1 Å². The van der Waals surface area contributed by atoms with Gasteiger partial charge < -0.3 is 15.3 Å². The van der Waals surface area contributed by atoms with Crippen LogP contribution in [0.2, 0.25) is 5.15 Å². The molecule has 0 saturated heterocycles. The zero-order chi connectivity index (χ0) is 25.0. The molecular weight excluding hydrogens is 470 g/mol. The molecule has 35 heavy (non-hydrogen) atoms. The van der Waals surface area contributed by atoms with Crippen LogP contribution in [0, 0.1) is 6.92 Å². The van der Waals surface area contributed by atoms with Crippen molar-refractivity contribution in [2.75, 3.05) is 10.2 Å². The molecule has 0 saturated carbocycles. The lowest BCUT2D eigenvalue weighted by Crippen LogP contribution is -2.29. The van der Waals surface area contributed by atoms with Crippen LogP contribution in [0.5, 0.6) is 0 Å². The highest BCUT2D eigenvalue weighted by Gasteiger charge is 2.27. The first-order valence-corrected chi connectivity index (χ1v) is 11.4. The molecule has 11 heteroatoms. The number of anilines is 2. The van der Waals surface area contributed by atoms with Crippen molar-refractivity contribution in [3.63, 3.8) is 0 Å².